The zero-order valence-electron chi connectivity index (χ0n) is 13.4. The average Bonchev–Trinajstić information content (AvgIpc) is 2.47. The van der Waals surface area contributed by atoms with Crippen molar-refractivity contribution < 1.29 is 10.9 Å². The van der Waals surface area contributed by atoms with E-state index in [1.807, 2.05) is 36.4 Å². The minimum absolute atomic E-state index is 0.0501. The second-order valence-electron chi connectivity index (χ2n) is 5.70. The van der Waals surface area contributed by atoms with E-state index in [1.165, 1.54) is 0 Å². The second-order valence-corrected chi connectivity index (χ2v) is 5.70. The third kappa shape index (κ3) is 4.50. The van der Waals surface area contributed by atoms with Crippen LogP contribution in [0.1, 0.15) is 33.3 Å². The maximum Gasteiger partial charge on any atom is 0.390 e. The van der Waals surface area contributed by atoms with Gasteiger partial charge in [-0.2, -0.15) is 0 Å². The summed E-state index contributed by atoms with van der Waals surface area (Å²) in [5, 5.41) is 0. The van der Waals surface area contributed by atoms with Crippen molar-refractivity contribution in [1.82, 2.24) is 0 Å². The summed E-state index contributed by atoms with van der Waals surface area (Å²) in [4.78, 5) is 11.7. The Hall–Kier alpha value is -2.53. The predicted octanol–water partition coefficient (Wildman–Crippen LogP) is 3.94. The Morgan fingerprint density at radius 3 is 2.43 bits per heavy atom. The summed E-state index contributed by atoms with van der Waals surface area (Å²) in [7, 11) is 0. The maximum atomic E-state index is 11.7. The van der Waals surface area contributed by atoms with Crippen LogP contribution in [0.3, 0.4) is 0 Å². The molecule has 0 aliphatic carbocycles. The van der Waals surface area contributed by atoms with Crippen molar-refractivity contribution in [2.45, 2.75) is 26.2 Å². The van der Waals surface area contributed by atoms with Crippen LogP contribution < -0.4 is 4.74 Å². The van der Waals surface area contributed by atoms with E-state index in [0.717, 1.165) is 11.1 Å². The van der Waals surface area contributed by atoms with Gasteiger partial charge in [-0.05, 0) is 35.2 Å². The molecule has 0 fully saturated rings. The summed E-state index contributed by atoms with van der Waals surface area (Å²) in [6, 6.07) is 14.6. The topological polar surface area (TPSA) is 26.3 Å². The van der Waals surface area contributed by atoms with E-state index in [2.05, 4.69) is 32.6 Å². The molecule has 2 aromatic carbocycles. The number of carbonyl (C=O) groups is 1. The molecule has 0 aromatic heterocycles. The van der Waals surface area contributed by atoms with Gasteiger partial charge < -0.3 is 4.74 Å². The summed E-state index contributed by atoms with van der Waals surface area (Å²) >= 11 is 0. The van der Waals surface area contributed by atoms with Crippen molar-refractivity contribution in [3.05, 3.63) is 65.7 Å². The maximum absolute atomic E-state index is 11.7. The molecule has 0 unspecified atom stereocenters. The standard InChI is InChI=1S/C19H18O2/c1-19(2,3)16-10-12-17(13-11-16)21-18(20)14-9-15-7-5-4-6-8-15/h4-8,10-13H,1-3H3/i12D. The van der Waals surface area contributed by atoms with Crippen LogP contribution in [0, 0.1) is 11.8 Å². The summed E-state index contributed by atoms with van der Waals surface area (Å²) in [6.07, 6.45) is 0. The molecule has 2 nitrogen and oxygen atoms in total. The number of benzene rings is 2. The summed E-state index contributed by atoms with van der Waals surface area (Å²) in [5.41, 5.74) is 1.71. The number of esters is 1. The van der Waals surface area contributed by atoms with Crippen molar-refractivity contribution in [3.8, 4) is 17.6 Å². The van der Waals surface area contributed by atoms with Gasteiger partial charge in [-0.1, -0.05) is 57.0 Å². The van der Waals surface area contributed by atoms with E-state index >= 15 is 0 Å². The fraction of sp³-hybridized carbons (Fsp3) is 0.211. The molecule has 0 heterocycles. The average molecular weight is 279 g/mol. The van der Waals surface area contributed by atoms with Crippen LogP contribution in [0.2, 0.25) is 0 Å². The first-order valence-corrected chi connectivity index (χ1v) is 6.76. The largest absolute Gasteiger partial charge is 0.417 e. The molecule has 21 heavy (non-hydrogen) atoms. The van der Waals surface area contributed by atoms with E-state index in [4.69, 9.17) is 6.11 Å². The third-order valence-electron chi connectivity index (χ3n) is 2.94. The van der Waals surface area contributed by atoms with Crippen molar-refractivity contribution in [1.29, 1.82) is 0 Å². The van der Waals surface area contributed by atoms with Crippen LogP contribution in [0.25, 0.3) is 0 Å². The minimum atomic E-state index is -0.666. The monoisotopic (exact) mass is 279 g/mol. The van der Waals surface area contributed by atoms with Crippen LogP contribution in [0.4, 0.5) is 0 Å². The molecule has 106 valence electrons. The van der Waals surface area contributed by atoms with Crippen LogP contribution in [0.5, 0.6) is 5.75 Å². The molecule has 0 N–H and O–H groups in total. The highest BCUT2D eigenvalue weighted by Crippen LogP contribution is 2.24. The van der Waals surface area contributed by atoms with E-state index in [0.29, 0.717) is 0 Å². The molecule has 2 rings (SSSR count). The number of rotatable bonds is 1. The van der Waals surface area contributed by atoms with Crippen molar-refractivity contribution in [2.24, 2.45) is 0 Å². The molecule has 0 saturated heterocycles. The lowest BCUT2D eigenvalue weighted by Crippen LogP contribution is -2.11. The van der Waals surface area contributed by atoms with Crippen LogP contribution in [-0.2, 0) is 10.2 Å². The van der Waals surface area contributed by atoms with E-state index in [9.17, 15) is 4.79 Å². The van der Waals surface area contributed by atoms with Crippen LogP contribution in [0.15, 0.2) is 54.6 Å². The molecule has 0 aliphatic heterocycles. The Labute approximate surface area is 127 Å². The molecular weight excluding hydrogens is 260 g/mol. The van der Waals surface area contributed by atoms with Gasteiger partial charge in [-0.3, -0.25) is 0 Å². The lowest BCUT2D eigenvalue weighted by Gasteiger charge is -2.18. The number of ether oxygens (including phenoxy) is 1. The zero-order chi connectivity index (χ0) is 16.2. The lowest BCUT2D eigenvalue weighted by molar-refractivity contribution is -0.128. The first kappa shape index (κ1) is 13.5. The molecule has 0 atom stereocenters. The van der Waals surface area contributed by atoms with Crippen molar-refractivity contribution in [3.63, 3.8) is 0 Å². The molecule has 0 aliphatic rings. The highest BCUT2D eigenvalue weighted by molar-refractivity contribution is 5.90. The minimum Gasteiger partial charge on any atom is -0.417 e. The highest BCUT2D eigenvalue weighted by Gasteiger charge is 2.13. The van der Waals surface area contributed by atoms with E-state index < -0.39 is 5.97 Å². The number of hydrogen-bond donors (Lipinski definition) is 0. The first-order valence-electron chi connectivity index (χ1n) is 7.26. The van der Waals surface area contributed by atoms with Gasteiger partial charge in [0.2, 0.25) is 0 Å². The molecule has 0 spiro atoms. The van der Waals surface area contributed by atoms with E-state index in [1.54, 1.807) is 12.1 Å². The Morgan fingerprint density at radius 2 is 1.81 bits per heavy atom. The SMILES string of the molecule is [2H]c1cc(C(C)(C)C)ccc1OC(=O)C#Cc1ccccc1. The van der Waals surface area contributed by atoms with Gasteiger partial charge in [0.05, 0.1) is 1.37 Å². The third-order valence-corrected chi connectivity index (χ3v) is 2.94. The molecule has 0 radical (unpaired) electrons. The number of hydrogen-bond acceptors (Lipinski definition) is 2. The Balaban J connectivity index is 2.11. The smallest absolute Gasteiger partial charge is 0.390 e. The molecular formula is C19H18O2. The predicted molar refractivity (Wildman–Crippen MR) is 84.1 cm³/mol. The highest BCUT2D eigenvalue weighted by atomic mass is 16.5. The fourth-order valence-corrected chi connectivity index (χ4v) is 1.71. The van der Waals surface area contributed by atoms with Crippen molar-refractivity contribution in [2.75, 3.05) is 0 Å². The van der Waals surface area contributed by atoms with Crippen molar-refractivity contribution >= 4 is 5.97 Å². The summed E-state index contributed by atoms with van der Waals surface area (Å²) in [6.45, 7) is 6.20. The van der Waals surface area contributed by atoms with Crippen LogP contribution in [-0.4, -0.2) is 5.97 Å². The fourth-order valence-electron chi connectivity index (χ4n) is 1.71. The van der Waals surface area contributed by atoms with Gasteiger partial charge in [0, 0.05) is 11.5 Å². The van der Waals surface area contributed by atoms with Gasteiger partial charge >= 0.3 is 5.97 Å². The van der Waals surface area contributed by atoms with Gasteiger partial charge in [0.1, 0.15) is 5.75 Å². The zero-order valence-corrected chi connectivity index (χ0v) is 12.4. The first-order chi connectivity index (χ1) is 10.4. The summed E-state index contributed by atoms with van der Waals surface area (Å²) < 4.78 is 13.1. The molecule has 0 bridgehead atoms. The quantitative estimate of drug-likeness (QED) is 0.449. The molecule has 0 amide bonds. The Kier molecular flexibility index (Phi) is 4.02. The Morgan fingerprint density at radius 1 is 1.10 bits per heavy atom. The summed E-state index contributed by atoms with van der Waals surface area (Å²) in [5.74, 6) is 4.72. The van der Waals surface area contributed by atoms with E-state index in [-0.39, 0.29) is 17.2 Å². The van der Waals surface area contributed by atoms with Gasteiger partial charge in [-0.25, -0.2) is 4.79 Å². The molecule has 2 aromatic rings. The van der Waals surface area contributed by atoms with Crippen LogP contribution >= 0.6 is 0 Å². The lowest BCUT2D eigenvalue weighted by atomic mass is 9.87. The van der Waals surface area contributed by atoms with Gasteiger partial charge in [0.25, 0.3) is 0 Å². The van der Waals surface area contributed by atoms with Gasteiger partial charge in [0.15, 0.2) is 0 Å². The second kappa shape index (κ2) is 6.28. The normalized spacial score (nSPS) is 11.1. The molecule has 0 saturated carbocycles. The Bertz CT molecular complexity index is 732. The number of carbonyl (C=O) groups excluding carboxylic acids is 1. The molecule has 2 heteroatoms. The van der Waals surface area contributed by atoms with Gasteiger partial charge in [-0.15, -0.1) is 0 Å².